The van der Waals surface area contributed by atoms with E-state index in [4.69, 9.17) is 19.6 Å². The van der Waals surface area contributed by atoms with Gasteiger partial charge in [0.2, 0.25) is 0 Å². The van der Waals surface area contributed by atoms with Gasteiger partial charge in [0.25, 0.3) is 6.01 Å². The maximum absolute atomic E-state index is 11.9. The Kier molecular flexibility index (Phi) is 4.90. The number of nitrogens with two attached hydrogens (primary N) is 1. The van der Waals surface area contributed by atoms with E-state index in [0.29, 0.717) is 24.3 Å². The molecule has 3 aromatic heterocycles. The maximum Gasteiger partial charge on any atom is 0.333 e. The minimum atomic E-state index is -1.33. The fraction of sp³-hybridized carbons (Fsp3) is 0.240. The van der Waals surface area contributed by atoms with Crippen LogP contribution in [0, 0.1) is 0 Å². The van der Waals surface area contributed by atoms with Gasteiger partial charge in [-0.1, -0.05) is 0 Å². The largest absolute Gasteiger partial charge is 0.491 e. The number of benzene rings is 2. The second kappa shape index (κ2) is 8.02. The van der Waals surface area contributed by atoms with Gasteiger partial charge in [-0.3, -0.25) is 4.68 Å². The summed E-state index contributed by atoms with van der Waals surface area (Å²) in [6, 6.07) is 9.81. The molecule has 11 nitrogen and oxygen atoms in total. The van der Waals surface area contributed by atoms with Crippen molar-refractivity contribution in [3.8, 4) is 28.1 Å². The highest BCUT2D eigenvalue weighted by molar-refractivity contribution is 6.07. The number of ether oxygens (including phenoxy) is 2. The number of hydrogen-bond acceptors (Lipinski definition) is 8. The van der Waals surface area contributed by atoms with Crippen LogP contribution in [0.1, 0.15) is 6.92 Å². The number of carboxylic acids is 1. The number of anilines is 2. The molecule has 0 radical (unpaired) electrons. The van der Waals surface area contributed by atoms with E-state index in [1.165, 1.54) is 11.8 Å². The van der Waals surface area contributed by atoms with Crippen LogP contribution in [0.25, 0.3) is 44.4 Å². The standard InChI is InChI=1S/C25H24N6O5/c1-25(12-34-2,23(32)33)31-11-15(10-28-31)14-8-17-20-19(9-14)35-6-5-27-22(20)21(29-17)13-3-4-18-16(7-13)30-24(26)36-18/h3-4,7-11,27,29H,5-6,12H2,1-2H3,(H2,26,30)(H,32,33). The molecule has 0 aliphatic carbocycles. The molecule has 0 saturated heterocycles. The predicted molar refractivity (Wildman–Crippen MR) is 134 cm³/mol. The molecular formula is C25H24N6O5. The van der Waals surface area contributed by atoms with E-state index < -0.39 is 11.5 Å². The molecule has 4 heterocycles. The Morgan fingerprint density at radius 2 is 2.14 bits per heavy atom. The predicted octanol–water partition coefficient (Wildman–Crippen LogP) is 3.67. The summed E-state index contributed by atoms with van der Waals surface area (Å²) >= 11 is 0. The van der Waals surface area contributed by atoms with Crippen LogP contribution >= 0.6 is 0 Å². The first kappa shape index (κ1) is 22.0. The smallest absolute Gasteiger partial charge is 0.333 e. The Balaban J connectivity index is 1.48. The molecule has 5 N–H and O–H groups in total. The van der Waals surface area contributed by atoms with Crippen LogP contribution in [-0.4, -0.2) is 57.7 Å². The zero-order valence-electron chi connectivity index (χ0n) is 19.7. The third-order valence-electron chi connectivity index (χ3n) is 6.52. The zero-order chi connectivity index (χ0) is 25.0. The van der Waals surface area contributed by atoms with Crippen LogP contribution in [-0.2, 0) is 15.1 Å². The van der Waals surface area contributed by atoms with Crippen molar-refractivity contribution in [2.24, 2.45) is 0 Å². The van der Waals surface area contributed by atoms with E-state index in [1.54, 1.807) is 19.3 Å². The number of nitrogen functional groups attached to an aromatic ring is 1. The van der Waals surface area contributed by atoms with Crippen molar-refractivity contribution in [2.75, 3.05) is 37.9 Å². The SMILES string of the molecule is COCC(C)(C(=O)O)n1cc(-c2cc3c4c(c(-c5ccc6oc(N)nc6c5)[nH]c4c2)NCCO3)cn1. The van der Waals surface area contributed by atoms with Crippen LogP contribution < -0.4 is 15.8 Å². The number of oxazole rings is 1. The summed E-state index contributed by atoms with van der Waals surface area (Å²) in [4.78, 5) is 19.7. The number of aromatic amines is 1. The monoisotopic (exact) mass is 488 g/mol. The number of hydrogen-bond donors (Lipinski definition) is 4. The lowest BCUT2D eigenvalue weighted by atomic mass is 10.0. The highest BCUT2D eigenvalue weighted by atomic mass is 16.5. The number of rotatable bonds is 6. The molecule has 2 aromatic carbocycles. The number of aliphatic carboxylic acids is 1. The highest BCUT2D eigenvalue weighted by Gasteiger charge is 2.36. The minimum Gasteiger partial charge on any atom is -0.491 e. The molecule has 184 valence electrons. The quantitative estimate of drug-likeness (QED) is 0.280. The van der Waals surface area contributed by atoms with E-state index in [-0.39, 0.29) is 12.6 Å². The summed E-state index contributed by atoms with van der Waals surface area (Å²) in [7, 11) is 1.47. The summed E-state index contributed by atoms with van der Waals surface area (Å²) in [6.45, 7) is 2.68. The number of aromatic nitrogens is 4. The van der Waals surface area contributed by atoms with Crippen LogP contribution in [0.2, 0.25) is 0 Å². The molecule has 11 heteroatoms. The molecule has 0 fully saturated rings. The van der Waals surface area contributed by atoms with Gasteiger partial charge >= 0.3 is 5.97 Å². The lowest BCUT2D eigenvalue weighted by Crippen LogP contribution is -2.43. The van der Waals surface area contributed by atoms with Crippen LogP contribution in [0.4, 0.5) is 11.7 Å². The third kappa shape index (κ3) is 3.35. The second-order valence-electron chi connectivity index (χ2n) is 8.97. The van der Waals surface area contributed by atoms with E-state index in [2.05, 4.69) is 20.4 Å². The third-order valence-corrected chi connectivity index (χ3v) is 6.52. The number of nitrogens with zero attached hydrogens (tertiary/aromatic N) is 3. The molecule has 1 atom stereocenters. The normalized spacial score (nSPS) is 14.8. The molecule has 0 amide bonds. The lowest BCUT2D eigenvalue weighted by molar-refractivity contribution is -0.150. The van der Waals surface area contributed by atoms with Gasteiger partial charge in [0.15, 0.2) is 11.1 Å². The van der Waals surface area contributed by atoms with Gasteiger partial charge in [-0.15, -0.1) is 0 Å². The Morgan fingerprint density at radius 1 is 1.28 bits per heavy atom. The lowest BCUT2D eigenvalue weighted by Gasteiger charge is -2.24. The highest BCUT2D eigenvalue weighted by Crippen LogP contribution is 2.44. The molecule has 36 heavy (non-hydrogen) atoms. The van der Waals surface area contributed by atoms with E-state index >= 15 is 0 Å². The average Bonchev–Trinajstić information content (AvgIpc) is 3.53. The van der Waals surface area contributed by atoms with Crippen molar-refractivity contribution in [3.05, 3.63) is 42.7 Å². The number of H-pyrrole nitrogens is 1. The van der Waals surface area contributed by atoms with Crippen molar-refractivity contribution < 1.29 is 23.8 Å². The Bertz CT molecular complexity index is 1630. The Hall–Kier alpha value is -4.51. The molecular weight excluding hydrogens is 464 g/mol. The first-order valence-electron chi connectivity index (χ1n) is 11.4. The van der Waals surface area contributed by atoms with E-state index in [1.807, 2.05) is 30.3 Å². The number of nitrogens with one attached hydrogen (secondary N) is 2. The van der Waals surface area contributed by atoms with Crippen molar-refractivity contribution in [3.63, 3.8) is 0 Å². The molecule has 1 unspecified atom stereocenters. The first-order valence-corrected chi connectivity index (χ1v) is 11.4. The summed E-state index contributed by atoms with van der Waals surface area (Å²) in [5, 5.41) is 18.5. The summed E-state index contributed by atoms with van der Waals surface area (Å²) in [6.07, 6.45) is 3.36. The van der Waals surface area contributed by atoms with Crippen molar-refractivity contribution in [2.45, 2.75) is 12.5 Å². The van der Waals surface area contributed by atoms with Crippen LogP contribution in [0.15, 0.2) is 47.1 Å². The molecule has 1 aliphatic heterocycles. The van der Waals surface area contributed by atoms with E-state index in [0.717, 1.165) is 44.7 Å². The van der Waals surface area contributed by atoms with Crippen molar-refractivity contribution in [1.82, 2.24) is 19.7 Å². The maximum atomic E-state index is 11.9. The van der Waals surface area contributed by atoms with Gasteiger partial charge in [-0.25, -0.2) is 4.79 Å². The summed E-state index contributed by atoms with van der Waals surface area (Å²) in [5.41, 5.74) is 10.9. The van der Waals surface area contributed by atoms with Crippen LogP contribution in [0.5, 0.6) is 5.75 Å². The van der Waals surface area contributed by atoms with Gasteiger partial charge < -0.3 is 35.0 Å². The van der Waals surface area contributed by atoms with Gasteiger partial charge in [-0.05, 0) is 42.8 Å². The van der Waals surface area contributed by atoms with E-state index in [9.17, 15) is 9.90 Å². The topological polar surface area (TPSA) is 153 Å². The van der Waals surface area contributed by atoms with Gasteiger partial charge in [0.05, 0.1) is 35.1 Å². The minimum absolute atomic E-state index is 0.0205. The van der Waals surface area contributed by atoms with Crippen molar-refractivity contribution in [1.29, 1.82) is 0 Å². The molecule has 1 aliphatic rings. The fourth-order valence-corrected chi connectivity index (χ4v) is 4.65. The van der Waals surface area contributed by atoms with Gasteiger partial charge in [-0.2, -0.15) is 10.1 Å². The van der Waals surface area contributed by atoms with Gasteiger partial charge in [0.1, 0.15) is 17.9 Å². The average molecular weight is 489 g/mol. The molecule has 0 saturated carbocycles. The molecule has 0 bridgehead atoms. The summed E-state index contributed by atoms with van der Waals surface area (Å²) in [5.74, 6) is -0.303. The zero-order valence-corrected chi connectivity index (χ0v) is 19.7. The second-order valence-corrected chi connectivity index (χ2v) is 8.97. The summed E-state index contributed by atoms with van der Waals surface area (Å²) < 4.78 is 18.1. The van der Waals surface area contributed by atoms with Crippen LogP contribution in [0.3, 0.4) is 0 Å². The van der Waals surface area contributed by atoms with Crippen molar-refractivity contribution >= 4 is 39.7 Å². The number of methoxy groups -OCH3 is 1. The number of carbonyl (C=O) groups is 1. The molecule has 5 aromatic rings. The number of carboxylic acid groups (broad SMARTS) is 1. The first-order chi connectivity index (χ1) is 17.4. The fourth-order valence-electron chi connectivity index (χ4n) is 4.65. The Morgan fingerprint density at radius 3 is 2.94 bits per heavy atom. The molecule has 0 spiro atoms. The Labute approximate surface area is 204 Å². The molecule has 6 rings (SSSR count). The number of fused-ring (bicyclic) bond motifs is 1. The van der Waals surface area contributed by atoms with Gasteiger partial charge in [0, 0.05) is 31.0 Å².